The highest BCUT2D eigenvalue weighted by molar-refractivity contribution is 4.65. The lowest BCUT2D eigenvalue weighted by molar-refractivity contribution is 0.805. The number of nitrogens with zero attached hydrogens (tertiary/aromatic N) is 1. The molecule has 0 unspecified atom stereocenters. The van der Waals surface area contributed by atoms with Crippen LogP contribution >= 0.6 is 0 Å². The maximum absolute atomic E-state index is 4.69. The molecule has 0 amide bonds. The van der Waals surface area contributed by atoms with E-state index < -0.39 is 0 Å². The summed E-state index contributed by atoms with van der Waals surface area (Å²) in [6.45, 7) is 3.93. The third-order valence-electron chi connectivity index (χ3n) is 0.235. The second-order valence-electron chi connectivity index (χ2n) is 0.654. The maximum Gasteiger partial charge on any atom is 0.0480 e. The Bertz CT molecular complexity index is 26.1. The van der Waals surface area contributed by atoms with Crippen molar-refractivity contribution in [2.45, 2.75) is 0 Å². The van der Waals surface area contributed by atoms with Crippen molar-refractivity contribution >= 4 is 0 Å². The Morgan fingerprint density at radius 3 is 2.60 bits per heavy atom. The van der Waals surface area contributed by atoms with Crippen molar-refractivity contribution in [3.05, 3.63) is 12.7 Å². The zero-order chi connectivity index (χ0) is 4.12. The fourth-order valence-electron chi connectivity index (χ4n) is 0.0745. The number of hydrogen-bond donors (Lipinski definition) is 1. The molecule has 0 saturated heterocycles. The molecule has 1 radical (unpaired) electrons. The highest BCUT2D eigenvalue weighted by atomic mass is 15.3. The summed E-state index contributed by atoms with van der Waals surface area (Å²) in [6, 6.07) is 0. The fraction of sp³-hybridized carbons (Fsp3) is 0.333. The highest BCUT2D eigenvalue weighted by Gasteiger charge is 1.60. The van der Waals surface area contributed by atoms with Crippen molar-refractivity contribution in [1.29, 1.82) is 0 Å². The van der Waals surface area contributed by atoms with Crippen LogP contribution in [0.15, 0.2) is 12.7 Å². The Morgan fingerprint density at radius 1 is 2.00 bits per heavy atom. The van der Waals surface area contributed by atoms with E-state index in [1.54, 1.807) is 6.08 Å². The predicted molar refractivity (Wildman–Crippen MR) is 21.4 cm³/mol. The van der Waals surface area contributed by atoms with Gasteiger partial charge in [0.15, 0.2) is 0 Å². The summed E-state index contributed by atoms with van der Waals surface area (Å²) >= 11 is 0. The predicted octanol–water partition coefficient (Wildman–Crippen LogP) is -0.350. The molecule has 5 heavy (non-hydrogen) atoms. The van der Waals surface area contributed by atoms with Gasteiger partial charge >= 0.3 is 0 Å². The molecule has 2 heteroatoms. The molecule has 29 valence electrons. The summed E-state index contributed by atoms with van der Waals surface area (Å²) in [5, 5.41) is 0. The molecule has 0 atom stereocenters. The largest absolute Gasteiger partial charge is 0.253 e. The monoisotopic (exact) mass is 72.1 g/mol. The lowest BCUT2D eigenvalue weighted by Crippen LogP contribution is -2.11. The van der Waals surface area contributed by atoms with Crippen LogP contribution in [0.5, 0.6) is 0 Å². The van der Waals surface area contributed by atoms with Crippen LogP contribution in [0.4, 0.5) is 0 Å². The SMILES string of the molecule is C=C[13CH2][N]N. The summed E-state index contributed by atoms with van der Waals surface area (Å²) < 4.78 is 0. The highest BCUT2D eigenvalue weighted by Crippen LogP contribution is 1.49. The van der Waals surface area contributed by atoms with Gasteiger partial charge in [-0.1, -0.05) is 6.08 Å². The zero-order valence-corrected chi connectivity index (χ0v) is 3.02. The molecule has 0 bridgehead atoms. The van der Waals surface area contributed by atoms with Gasteiger partial charge in [-0.3, -0.25) is 5.84 Å². The van der Waals surface area contributed by atoms with Crippen LogP contribution in [0.1, 0.15) is 0 Å². The summed E-state index contributed by atoms with van der Waals surface area (Å²) in [7, 11) is 0. The lowest BCUT2D eigenvalue weighted by Gasteiger charge is -1.76. The van der Waals surface area contributed by atoms with Crippen molar-refractivity contribution < 1.29 is 0 Å². The van der Waals surface area contributed by atoms with Crippen molar-refractivity contribution in [3.8, 4) is 0 Å². The quantitative estimate of drug-likeness (QED) is 0.206. The second-order valence-corrected chi connectivity index (χ2v) is 0.654. The first-order chi connectivity index (χ1) is 2.41. The first-order valence-electron chi connectivity index (χ1n) is 1.39. The minimum Gasteiger partial charge on any atom is -0.253 e. The van der Waals surface area contributed by atoms with E-state index in [0.717, 1.165) is 0 Å². The molecule has 0 heterocycles. The van der Waals surface area contributed by atoms with Gasteiger partial charge in [0.1, 0.15) is 0 Å². The van der Waals surface area contributed by atoms with Crippen molar-refractivity contribution in [2.24, 2.45) is 5.84 Å². The average Bonchev–Trinajstić information content (AvgIpc) is 1.41. The molecule has 0 fully saturated rings. The summed E-state index contributed by atoms with van der Waals surface area (Å²) in [5.41, 5.74) is 3.24. The zero-order valence-electron chi connectivity index (χ0n) is 3.02. The van der Waals surface area contributed by atoms with Gasteiger partial charge in [0.25, 0.3) is 0 Å². The topological polar surface area (TPSA) is 40.1 Å². The molecular formula is C3H7N2. The Labute approximate surface area is 31.6 Å². The van der Waals surface area contributed by atoms with Crippen LogP contribution in [0, 0.1) is 0 Å². The van der Waals surface area contributed by atoms with Crippen molar-refractivity contribution in [1.82, 2.24) is 5.43 Å². The first kappa shape index (κ1) is 4.66. The van der Waals surface area contributed by atoms with Gasteiger partial charge in [-0.2, -0.15) is 5.43 Å². The molecule has 0 aliphatic heterocycles. The van der Waals surface area contributed by atoms with Gasteiger partial charge in [-0.25, -0.2) is 0 Å². The van der Waals surface area contributed by atoms with Crippen LogP contribution < -0.4 is 11.3 Å². The van der Waals surface area contributed by atoms with E-state index in [2.05, 4.69) is 12.0 Å². The normalized spacial score (nSPS) is 7.40. The molecule has 0 aromatic rings. The van der Waals surface area contributed by atoms with Gasteiger partial charge in [0.05, 0.1) is 0 Å². The smallest absolute Gasteiger partial charge is 0.0480 e. The minimum absolute atomic E-state index is 0.556. The molecule has 2 N–H and O–H groups in total. The van der Waals surface area contributed by atoms with Gasteiger partial charge in [0, 0.05) is 6.54 Å². The summed E-state index contributed by atoms with van der Waals surface area (Å²) in [6.07, 6.45) is 1.64. The molecule has 2 nitrogen and oxygen atoms in total. The van der Waals surface area contributed by atoms with E-state index in [1.165, 1.54) is 0 Å². The summed E-state index contributed by atoms with van der Waals surface area (Å²) in [5.74, 6) is 4.69. The van der Waals surface area contributed by atoms with E-state index in [9.17, 15) is 0 Å². The van der Waals surface area contributed by atoms with Crippen molar-refractivity contribution in [3.63, 3.8) is 0 Å². The Morgan fingerprint density at radius 2 is 2.60 bits per heavy atom. The van der Waals surface area contributed by atoms with E-state index >= 15 is 0 Å². The number of rotatable bonds is 2. The molecule has 0 aliphatic carbocycles. The number of nitrogens with two attached hydrogens (primary N) is 1. The van der Waals surface area contributed by atoms with Crippen molar-refractivity contribution in [2.75, 3.05) is 6.54 Å². The van der Waals surface area contributed by atoms with Gasteiger partial charge in [0.2, 0.25) is 0 Å². The molecule has 0 saturated carbocycles. The fourth-order valence-corrected chi connectivity index (χ4v) is 0.0745. The molecule has 0 aromatic heterocycles. The average molecular weight is 72.1 g/mol. The Hall–Kier alpha value is -0.340. The summed E-state index contributed by atoms with van der Waals surface area (Å²) in [4.78, 5) is 0. The minimum atomic E-state index is 0.556. The molecule has 0 aliphatic rings. The third kappa shape index (κ3) is 3.66. The molecule has 0 aromatic carbocycles. The van der Waals surface area contributed by atoms with E-state index in [1.807, 2.05) is 0 Å². The van der Waals surface area contributed by atoms with Gasteiger partial charge in [-0.05, 0) is 0 Å². The standard InChI is InChI=1S/C3H7N2/c1-2-3-5-4/h2H,1,3-4H2/i3+1. The van der Waals surface area contributed by atoms with E-state index in [4.69, 9.17) is 5.84 Å². The Balaban J connectivity index is 2.40. The maximum atomic E-state index is 4.69. The lowest BCUT2D eigenvalue weighted by atomic mass is 10.9. The first-order valence-corrected chi connectivity index (χ1v) is 1.39. The van der Waals surface area contributed by atoms with Crippen LogP contribution in [0.25, 0.3) is 0 Å². The number of hydrogen-bond acceptors (Lipinski definition) is 1. The van der Waals surface area contributed by atoms with Gasteiger partial charge < -0.3 is 0 Å². The van der Waals surface area contributed by atoms with Crippen LogP contribution in [0.2, 0.25) is 0 Å². The van der Waals surface area contributed by atoms with Crippen LogP contribution in [-0.2, 0) is 0 Å². The third-order valence-corrected chi connectivity index (χ3v) is 0.235. The van der Waals surface area contributed by atoms with E-state index in [-0.39, 0.29) is 0 Å². The molecular weight excluding hydrogens is 65.0 g/mol. The van der Waals surface area contributed by atoms with Gasteiger partial charge in [-0.15, -0.1) is 6.58 Å². The Kier molecular flexibility index (Phi) is 3.41. The van der Waals surface area contributed by atoms with Crippen LogP contribution in [-0.4, -0.2) is 6.54 Å². The second kappa shape index (κ2) is 3.66. The van der Waals surface area contributed by atoms with E-state index in [0.29, 0.717) is 6.54 Å². The van der Waals surface area contributed by atoms with Crippen LogP contribution in [0.3, 0.4) is 0 Å². The molecule has 0 spiro atoms. The molecule has 0 rings (SSSR count).